The lowest BCUT2D eigenvalue weighted by Crippen LogP contribution is -2.45. The molecule has 3 aliphatic rings. The average molecular weight is 346 g/mol. The Morgan fingerprint density at radius 2 is 1.96 bits per heavy atom. The SMILES string of the molecule is O=C(O)C1(CC2CC2)CCN(c2nccc(N3CC[C@@H](O)C3)n2)CC1. The molecular weight excluding hydrogens is 320 g/mol. The fraction of sp³-hybridized carbons (Fsp3) is 0.722. The van der Waals surface area contributed by atoms with E-state index in [4.69, 9.17) is 0 Å². The normalized spacial score (nSPS) is 26.0. The highest BCUT2D eigenvalue weighted by Gasteiger charge is 2.45. The molecule has 4 rings (SSSR count). The maximum atomic E-state index is 11.9. The molecule has 7 heteroatoms. The Bertz CT molecular complexity index is 641. The summed E-state index contributed by atoms with van der Waals surface area (Å²) in [7, 11) is 0. The molecule has 1 atom stereocenters. The Morgan fingerprint density at radius 1 is 1.20 bits per heavy atom. The number of anilines is 2. The van der Waals surface area contributed by atoms with E-state index in [1.54, 1.807) is 6.20 Å². The number of carbonyl (C=O) groups is 1. The number of carboxylic acid groups (broad SMARTS) is 1. The lowest BCUT2D eigenvalue weighted by Gasteiger charge is -2.39. The van der Waals surface area contributed by atoms with Crippen LogP contribution in [0.5, 0.6) is 0 Å². The van der Waals surface area contributed by atoms with Crippen molar-refractivity contribution in [2.24, 2.45) is 11.3 Å². The Morgan fingerprint density at radius 3 is 2.56 bits per heavy atom. The van der Waals surface area contributed by atoms with Gasteiger partial charge < -0.3 is 20.0 Å². The van der Waals surface area contributed by atoms with Crippen molar-refractivity contribution in [2.45, 2.75) is 44.6 Å². The number of aliphatic hydroxyl groups excluding tert-OH is 1. The molecule has 7 nitrogen and oxygen atoms in total. The van der Waals surface area contributed by atoms with Gasteiger partial charge >= 0.3 is 5.97 Å². The standard InChI is InChI=1S/C18H26N4O3/c23-14-4-8-22(12-14)15-3-7-19-17(20-15)21-9-5-18(6-10-21,16(24)25)11-13-1-2-13/h3,7,13-14,23H,1-2,4-6,8-12H2,(H,24,25)/t14-/m1/s1. The lowest BCUT2D eigenvalue weighted by molar-refractivity contribution is -0.151. The molecule has 1 aromatic rings. The summed E-state index contributed by atoms with van der Waals surface area (Å²) >= 11 is 0. The maximum Gasteiger partial charge on any atom is 0.309 e. The van der Waals surface area contributed by atoms with Gasteiger partial charge in [0.05, 0.1) is 11.5 Å². The van der Waals surface area contributed by atoms with Crippen LogP contribution in [0.15, 0.2) is 12.3 Å². The van der Waals surface area contributed by atoms with Crippen LogP contribution >= 0.6 is 0 Å². The highest BCUT2D eigenvalue weighted by atomic mass is 16.4. The third-order valence-electron chi connectivity index (χ3n) is 5.95. The first kappa shape index (κ1) is 16.6. The van der Waals surface area contributed by atoms with Crippen molar-refractivity contribution in [1.29, 1.82) is 0 Å². The van der Waals surface area contributed by atoms with Crippen molar-refractivity contribution < 1.29 is 15.0 Å². The first-order chi connectivity index (χ1) is 12.1. The Kier molecular flexibility index (Phi) is 4.27. The van der Waals surface area contributed by atoms with Crippen LogP contribution in [-0.2, 0) is 4.79 Å². The van der Waals surface area contributed by atoms with E-state index in [0.29, 0.717) is 44.3 Å². The van der Waals surface area contributed by atoms with E-state index in [1.807, 2.05) is 6.07 Å². The Balaban J connectivity index is 1.44. The van der Waals surface area contributed by atoms with Crippen LogP contribution in [0.25, 0.3) is 0 Å². The average Bonchev–Trinajstić information content (AvgIpc) is 3.32. The van der Waals surface area contributed by atoms with Gasteiger partial charge in [0, 0.05) is 32.4 Å². The van der Waals surface area contributed by atoms with Crippen LogP contribution in [-0.4, -0.2) is 58.4 Å². The summed E-state index contributed by atoms with van der Waals surface area (Å²) in [6, 6.07) is 1.88. The van der Waals surface area contributed by atoms with Crippen molar-refractivity contribution in [3.8, 4) is 0 Å². The third kappa shape index (κ3) is 3.42. The molecule has 3 fully saturated rings. The second-order valence-electron chi connectivity index (χ2n) is 7.82. The number of nitrogens with zero attached hydrogens (tertiary/aromatic N) is 4. The van der Waals surface area contributed by atoms with Gasteiger partial charge in [-0.3, -0.25) is 4.79 Å². The smallest absolute Gasteiger partial charge is 0.309 e. The molecule has 136 valence electrons. The molecule has 0 bridgehead atoms. The summed E-state index contributed by atoms with van der Waals surface area (Å²) in [4.78, 5) is 25.1. The number of aliphatic hydroxyl groups is 1. The molecule has 0 spiro atoms. The van der Waals surface area contributed by atoms with Gasteiger partial charge in [-0.05, 0) is 37.7 Å². The number of piperidine rings is 1. The number of carboxylic acids is 1. The molecule has 0 unspecified atom stereocenters. The van der Waals surface area contributed by atoms with Crippen LogP contribution in [0.3, 0.4) is 0 Å². The maximum absolute atomic E-state index is 11.9. The van der Waals surface area contributed by atoms with E-state index in [0.717, 1.165) is 25.2 Å². The van der Waals surface area contributed by atoms with Crippen molar-refractivity contribution in [3.05, 3.63) is 12.3 Å². The molecule has 1 saturated carbocycles. The van der Waals surface area contributed by atoms with Gasteiger partial charge in [0.25, 0.3) is 0 Å². The summed E-state index contributed by atoms with van der Waals surface area (Å²) in [6.45, 7) is 2.79. The van der Waals surface area contributed by atoms with Crippen LogP contribution in [0.4, 0.5) is 11.8 Å². The number of β-amino-alcohol motifs (C(OH)–C–C–N with tert-alkyl or cyclic N) is 1. The number of aliphatic carboxylic acids is 1. The summed E-state index contributed by atoms with van der Waals surface area (Å²) in [5, 5.41) is 19.5. The van der Waals surface area contributed by atoms with Gasteiger partial charge in [-0.2, -0.15) is 4.98 Å². The first-order valence-electron chi connectivity index (χ1n) is 9.30. The van der Waals surface area contributed by atoms with Crippen molar-refractivity contribution in [2.75, 3.05) is 36.0 Å². The van der Waals surface area contributed by atoms with E-state index >= 15 is 0 Å². The van der Waals surface area contributed by atoms with E-state index in [9.17, 15) is 15.0 Å². The van der Waals surface area contributed by atoms with E-state index < -0.39 is 11.4 Å². The fourth-order valence-electron chi connectivity index (χ4n) is 4.13. The predicted molar refractivity (Wildman–Crippen MR) is 93.7 cm³/mol. The fourth-order valence-corrected chi connectivity index (χ4v) is 4.13. The zero-order chi connectivity index (χ0) is 17.4. The number of aromatic nitrogens is 2. The van der Waals surface area contributed by atoms with Crippen molar-refractivity contribution >= 4 is 17.7 Å². The molecular formula is C18H26N4O3. The van der Waals surface area contributed by atoms with Gasteiger partial charge in [-0.15, -0.1) is 0 Å². The highest BCUT2D eigenvalue weighted by molar-refractivity contribution is 5.75. The molecule has 0 amide bonds. The summed E-state index contributed by atoms with van der Waals surface area (Å²) < 4.78 is 0. The van der Waals surface area contributed by atoms with Gasteiger partial charge in [-0.25, -0.2) is 4.98 Å². The zero-order valence-electron chi connectivity index (χ0n) is 14.5. The minimum absolute atomic E-state index is 0.285. The third-order valence-corrected chi connectivity index (χ3v) is 5.95. The molecule has 2 N–H and O–H groups in total. The number of hydrogen-bond acceptors (Lipinski definition) is 6. The zero-order valence-corrected chi connectivity index (χ0v) is 14.5. The second-order valence-corrected chi connectivity index (χ2v) is 7.82. The quantitative estimate of drug-likeness (QED) is 0.835. The van der Waals surface area contributed by atoms with E-state index in [2.05, 4.69) is 19.8 Å². The number of hydrogen-bond donors (Lipinski definition) is 2. The molecule has 2 saturated heterocycles. The minimum Gasteiger partial charge on any atom is -0.481 e. The monoisotopic (exact) mass is 346 g/mol. The largest absolute Gasteiger partial charge is 0.481 e. The van der Waals surface area contributed by atoms with Crippen LogP contribution < -0.4 is 9.80 Å². The van der Waals surface area contributed by atoms with Crippen LogP contribution in [0.1, 0.15) is 38.5 Å². The van der Waals surface area contributed by atoms with Crippen molar-refractivity contribution in [1.82, 2.24) is 9.97 Å². The molecule has 1 aromatic heterocycles. The molecule has 1 aliphatic carbocycles. The summed E-state index contributed by atoms with van der Waals surface area (Å²) in [5.41, 5.74) is -0.561. The van der Waals surface area contributed by atoms with Gasteiger partial charge in [-0.1, -0.05) is 12.8 Å². The van der Waals surface area contributed by atoms with Gasteiger partial charge in [0.15, 0.2) is 0 Å². The molecule has 3 heterocycles. The Labute approximate surface area is 147 Å². The molecule has 25 heavy (non-hydrogen) atoms. The van der Waals surface area contributed by atoms with E-state index in [-0.39, 0.29) is 6.10 Å². The summed E-state index contributed by atoms with van der Waals surface area (Å²) in [6.07, 6.45) is 6.76. The Hall–Kier alpha value is -1.89. The minimum atomic E-state index is -0.639. The van der Waals surface area contributed by atoms with Gasteiger partial charge in [0.2, 0.25) is 5.95 Å². The molecule has 0 radical (unpaired) electrons. The lowest BCUT2D eigenvalue weighted by atomic mass is 9.74. The highest BCUT2D eigenvalue weighted by Crippen LogP contribution is 2.46. The van der Waals surface area contributed by atoms with E-state index in [1.165, 1.54) is 12.8 Å². The van der Waals surface area contributed by atoms with Gasteiger partial charge in [0.1, 0.15) is 5.82 Å². The molecule has 0 aromatic carbocycles. The van der Waals surface area contributed by atoms with Crippen LogP contribution in [0.2, 0.25) is 0 Å². The van der Waals surface area contributed by atoms with Crippen LogP contribution in [0, 0.1) is 11.3 Å². The predicted octanol–water partition coefficient (Wildman–Crippen LogP) is 1.52. The summed E-state index contributed by atoms with van der Waals surface area (Å²) in [5.74, 6) is 1.49. The first-order valence-corrected chi connectivity index (χ1v) is 9.30. The number of rotatable bonds is 5. The van der Waals surface area contributed by atoms with Crippen molar-refractivity contribution in [3.63, 3.8) is 0 Å². The molecule has 2 aliphatic heterocycles. The second kappa shape index (κ2) is 6.44. The topological polar surface area (TPSA) is 89.8 Å².